The summed E-state index contributed by atoms with van der Waals surface area (Å²) in [7, 11) is 0. The van der Waals surface area contributed by atoms with E-state index in [4.69, 9.17) is 4.74 Å². The van der Waals surface area contributed by atoms with Gasteiger partial charge in [-0.05, 0) is 32.6 Å². The first-order valence-corrected chi connectivity index (χ1v) is 7.69. The lowest BCUT2D eigenvalue weighted by Gasteiger charge is -2.10. The van der Waals surface area contributed by atoms with Crippen LogP contribution >= 0.6 is 0 Å². The largest absolute Gasteiger partial charge is 0.463 e. The molecule has 0 saturated heterocycles. The molecule has 1 aliphatic carbocycles. The predicted molar refractivity (Wildman–Crippen MR) is 75.5 cm³/mol. The van der Waals surface area contributed by atoms with E-state index in [0.717, 1.165) is 12.8 Å². The molecule has 0 atom stereocenters. The molecule has 2 nitrogen and oxygen atoms in total. The van der Waals surface area contributed by atoms with E-state index < -0.39 is 0 Å². The van der Waals surface area contributed by atoms with Gasteiger partial charge in [0.1, 0.15) is 0 Å². The van der Waals surface area contributed by atoms with Gasteiger partial charge in [0.15, 0.2) is 0 Å². The molecule has 0 spiro atoms. The van der Waals surface area contributed by atoms with Crippen LogP contribution in [0.25, 0.3) is 0 Å². The highest BCUT2D eigenvalue weighted by Crippen LogP contribution is 2.20. The molecule has 1 saturated carbocycles. The van der Waals surface area contributed by atoms with Gasteiger partial charge in [-0.15, -0.1) is 0 Å². The summed E-state index contributed by atoms with van der Waals surface area (Å²) in [5.74, 6) is -0.153. The Bertz CT molecular complexity index is 242. The fourth-order valence-electron chi connectivity index (χ4n) is 2.56. The standard InChI is InChI=1S/C16H28O2/c1-2-18-16(17)14-15-12-10-8-6-4-3-5-7-9-11-13-15/h14H,2-13H2,1H3. The lowest BCUT2D eigenvalue weighted by molar-refractivity contribution is -0.137. The number of hydrogen-bond acceptors (Lipinski definition) is 2. The molecule has 0 unspecified atom stereocenters. The van der Waals surface area contributed by atoms with Crippen LogP contribution in [0.1, 0.15) is 77.6 Å². The number of hydrogen-bond donors (Lipinski definition) is 0. The van der Waals surface area contributed by atoms with Gasteiger partial charge in [0.05, 0.1) is 6.61 Å². The third-order valence-electron chi connectivity index (χ3n) is 3.60. The quantitative estimate of drug-likeness (QED) is 0.522. The molecule has 0 amide bonds. The summed E-state index contributed by atoms with van der Waals surface area (Å²) in [6.45, 7) is 2.33. The van der Waals surface area contributed by atoms with E-state index in [1.54, 1.807) is 6.08 Å². The van der Waals surface area contributed by atoms with Crippen molar-refractivity contribution in [3.05, 3.63) is 11.6 Å². The van der Waals surface area contributed by atoms with Crippen molar-refractivity contribution in [1.82, 2.24) is 0 Å². The second-order valence-electron chi connectivity index (χ2n) is 5.24. The zero-order chi connectivity index (χ0) is 13.1. The Balaban J connectivity index is 2.42. The van der Waals surface area contributed by atoms with Crippen LogP contribution in [0, 0.1) is 0 Å². The molecule has 0 heterocycles. The van der Waals surface area contributed by atoms with Crippen LogP contribution in [0.4, 0.5) is 0 Å². The summed E-state index contributed by atoms with van der Waals surface area (Å²) in [5.41, 5.74) is 1.30. The van der Waals surface area contributed by atoms with E-state index in [-0.39, 0.29) is 5.97 Å². The minimum absolute atomic E-state index is 0.153. The maximum atomic E-state index is 11.5. The Kier molecular flexibility index (Phi) is 8.62. The molecule has 18 heavy (non-hydrogen) atoms. The van der Waals surface area contributed by atoms with Gasteiger partial charge in [-0.25, -0.2) is 4.79 Å². The second-order valence-corrected chi connectivity index (χ2v) is 5.24. The monoisotopic (exact) mass is 252 g/mol. The Morgan fingerprint density at radius 1 is 0.944 bits per heavy atom. The first-order chi connectivity index (χ1) is 8.83. The van der Waals surface area contributed by atoms with Crippen molar-refractivity contribution in [3.8, 4) is 0 Å². The minimum Gasteiger partial charge on any atom is -0.463 e. The van der Waals surface area contributed by atoms with Crippen molar-refractivity contribution in [1.29, 1.82) is 0 Å². The third kappa shape index (κ3) is 7.52. The van der Waals surface area contributed by atoms with Crippen LogP contribution in [0.2, 0.25) is 0 Å². The molecule has 0 aromatic rings. The highest BCUT2D eigenvalue weighted by molar-refractivity contribution is 5.82. The van der Waals surface area contributed by atoms with Gasteiger partial charge in [-0.3, -0.25) is 0 Å². The van der Waals surface area contributed by atoms with Crippen LogP contribution in [-0.2, 0) is 9.53 Å². The molecule has 2 heteroatoms. The van der Waals surface area contributed by atoms with Gasteiger partial charge in [-0.2, -0.15) is 0 Å². The third-order valence-corrected chi connectivity index (χ3v) is 3.60. The Hall–Kier alpha value is -0.790. The summed E-state index contributed by atoms with van der Waals surface area (Å²) >= 11 is 0. The molecule has 0 aromatic heterocycles. The van der Waals surface area contributed by atoms with E-state index in [0.29, 0.717) is 6.61 Å². The molecule has 1 aliphatic rings. The van der Waals surface area contributed by atoms with Crippen LogP contribution < -0.4 is 0 Å². The van der Waals surface area contributed by atoms with Crippen molar-refractivity contribution in [2.24, 2.45) is 0 Å². The minimum atomic E-state index is -0.153. The molecular formula is C16H28O2. The fraction of sp³-hybridized carbons (Fsp3) is 0.812. The Morgan fingerprint density at radius 2 is 1.39 bits per heavy atom. The SMILES string of the molecule is CCOC(=O)C=C1CCCCCCCCCCC1. The summed E-state index contributed by atoms with van der Waals surface area (Å²) in [4.78, 5) is 11.5. The molecule has 1 fully saturated rings. The molecule has 104 valence electrons. The van der Waals surface area contributed by atoms with Crippen molar-refractivity contribution in [2.45, 2.75) is 77.6 Å². The van der Waals surface area contributed by atoms with E-state index in [1.807, 2.05) is 6.92 Å². The van der Waals surface area contributed by atoms with E-state index in [9.17, 15) is 4.79 Å². The van der Waals surface area contributed by atoms with Crippen LogP contribution in [0.3, 0.4) is 0 Å². The molecule has 0 aromatic carbocycles. The highest BCUT2D eigenvalue weighted by atomic mass is 16.5. The topological polar surface area (TPSA) is 26.3 Å². The van der Waals surface area contributed by atoms with Crippen molar-refractivity contribution in [3.63, 3.8) is 0 Å². The van der Waals surface area contributed by atoms with E-state index in [1.165, 1.54) is 63.4 Å². The first-order valence-electron chi connectivity index (χ1n) is 7.69. The predicted octanol–water partition coefficient (Wildman–Crippen LogP) is 4.78. The smallest absolute Gasteiger partial charge is 0.330 e. The summed E-state index contributed by atoms with van der Waals surface area (Å²) in [6.07, 6.45) is 15.9. The van der Waals surface area contributed by atoms with Gasteiger partial charge in [0.2, 0.25) is 0 Å². The zero-order valence-electron chi connectivity index (χ0n) is 11.9. The maximum absolute atomic E-state index is 11.5. The molecule has 0 bridgehead atoms. The lowest BCUT2D eigenvalue weighted by atomic mass is 9.97. The average Bonchev–Trinajstić information content (AvgIpc) is 2.33. The number of carbonyl (C=O) groups is 1. The van der Waals surface area contributed by atoms with Crippen molar-refractivity contribution in [2.75, 3.05) is 6.61 Å². The molecule has 0 N–H and O–H groups in total. The lowest BCUT2D eigenvalue weighted by Crippen LogP contribution is -2.02. The normalized spacial score (nSPS) is 19.5. The second kappa shape index (κ2) is 10.2. The molecule has 1 rings (SSSR count). The van der Waals surface area contributed by atoms with Gasteiger partial charge < -0.3 is 4.74 Å². The number of carbonyl (C=O) groups excluding carboxylic acids is 1. The zero-order valence-corrected chi connectivity index (χ0v) is 11.9. The number of ether oxygens (including phenoxy) is 1. The van der Waals surface area contributed by atoms with Crippen LogP contribution in [-0.4, -0.2) is 12.6 Å². The average molecular weight is 252 g/mol. The summed E-state index contributed by atoms with van der Waals surface area (Å²) in [5, 5.41) is 0. The Morgan fingerprint density at radius 3 is 1.83 bits per heavy atom. The number of esters is 1. The van der Waals surface area contributed by atoms with Gasteiger partial charge in [-0.1, -0.05) is 50.5 Å². The summed E-state index contributed by atoms with van der Waals surface area (Å²) in [6, 6.07) is 0. The van der Waals surface area contributed by atoms with Gasteiger partial charge in [0, 0.05) is 6.08 Å². The maximum Gasteiger partial charge on any atom is 0.330 e. The number of rotatable bonds is 2. The molecule has 0 radical (unpaired) electrons. The molecule has 0 aliphatic heterocycles. The van der Waals surface area contributed by atoms with Crippen LogP contribution in [0.15, 0.2) is 11.6 Å². The van der Waals surface area contributed by atoms with Gasteiger partial charge in [0.25, 0.3) is 0 Å². The highest BCUT2D eigenvalue weighted by Gasteiger charge is 2.04. The molecular weight excluding hydrogens is 224 g/mol. The fourth-order valence-corrected chi connectivity index (χ4v) is 2.56. The van der Waals surface area contributed by atoms with Gasteiger partial charge >= 0.3 is 5.97 Å². The number of allylic oxidation sites excluding steroid dienone is 1. The van der Waals surface area contributed by atoms with E-state index >= 15 is 0 Å². The summed E-state index contributed by atoms with van der Waals surface area (Å²) < 4.78 is 5.00. The van der Waals surface area contributed by atoms with Crippen molar-refractivity contribution >= 4 is 5.97 Å². The van der Waals surface area contributed by atoms with Crippen molar-refractivity contribution < 1.29 is 9.53 Å². The van der Waals surface area contributed by atoms with Crippen LogP contribution in [0.5, 0.6) is 0 Å². The first kappa shape index (κ1) is 15.3. The Labute approximate surface area is 112 Å². The van der Waals surface area contributed by atoms with E-state index in [2.05, 4.69) is 0 Å².